The lowest BCUT2D eigenvalue weighted by Gasteiger charge is -2.27. The van der Waals surface area contributed by atoms with E-state index in [1.165, 1.54) is 135 Å². The van der Waals surface area contributed by atoms with Gasteiger partial charge in [0.25, 0.3) is 0 Å². The van der Waals surface area contributed by atoms with Gasteiger partial charge in [0, 0.05) is 0 Å². The van der Waals surface area contributed by atoms with E-state index in [9.17, 15) is 4.79 Å². The van der Waals surface area contributed by atoms with E-state index in [2.05, 4.69) is 27.7 Å². The van der Waals surface area contributed by atoms with E-state index in [0.717, 1.165) is 25.7 Å². The highest BCUT2D eigenvalue weighted by atomic mass is 16.5. The van der Waals surface area contributed by atoms with Crippen LogP contribution in [0.25, 0.3) is 0 Å². The second-order valence-electron chi connectivity index (χ2n) is 11.3. The molecule has 0 aliphatic rings. The molecule has 0 spiro atoms. The SMILES string of the molecule is CCCCCCCCCCCCC(C)(CCCCCC)C(=O)OCCCCCCCCCCC. The molecule has 204 valence electrons. The highest BCUT2D eigenvalue weighted by molar-refractivity contribution is 5.76. The van der Waals surface area contributed by atoms with Gasteiger partial charge < -0.3 is 4.74 Å². The van der Waals surface area contributed by atoms with Crippen molar-refractivity contribution in [3.8, 4) is 0 Å². The average molecular weight is 481 g/mol. The van der Waals surface area contributed by atoms with E-state index in [-0.39, 0.29) is 11.4 Å². The lowest BCUT2D eigenvalue weighted by Crippen LogP contribution is -2.30. The normalized spacial score (nSPS) is 13.2. The molecule has 0 fully saturated rings. The Morgan fingerprint density at radius 3 is 1.15 bits per heavy atom. The quantitative estimate of drug-likeness (QED) is 0.0862. The number of esters is 1. The first-order valence-electron chi connectivity index (χ1n) is 15.8. The predicted octanol–water partition coefficient (Wildman–Crippen LogP) is 11.3. The molecule has 0 heterocycles. The van der Waals surface area contributed by atoms with E-state index in [4.69, 9.17) is 4.74 Å². The van der Waals surface area contributed by atoms with Crippen molar-refractivity contribution in [3.63, 3.8) is 0 Å². The maximum atomic E-state index is 13.0. The third kappa shape index (κ3) is 20.8. The second-order valence-corrected chi connectivity index (χ2v) is 11.3. The highest BCUT2D eigenvalue weighted by Gasteiger charge is 2.33. The molecule has 34 heavy (non-hydrogen) atoms. The summed E-state index contributed by atoms with van der Waals surface area (Å²) in [6.45, 7) is 9.62. The van der Waals surface area contributed by atoms with E-state index < -0.39 is 0 Å². The minimum Gasteiger partial charge on any atom is -0.465 e. The van der Waals surface area contributed by atoms with Crippen molar-refractivity contribution in [1.29, 1.82) is 0 Å². The van der Waals surface area contributed by atoms with E-state index >= 15 is 0 Å². The zero-order valence-electron chi connectivity index (χ0n) is 24.2. The Bertz CT molecular complexity index is 419. The molecule has 0 bridgehead atoms. The van der Waals surface area contributed by atoms with Crippen LogP contribution in [0.4, 0.5) is 0 Å². The lowest BCUT2D eigenvalue weighted by atomic mass is 9.79. The van der Waals surface area contributed by atoms with Gasteiger partial charge in [-0.25, -0.2) is 0 Å². The maximum Gasteiger partial charge on any atom is 0.311 e. The molecule has 0 saturated heterocycles. The van der Waals surface area contributed by atoms with Crippen LogP contribution in [0.3, 0.4) is 0 Å². The van der Waals surface area contributed by atoms with Crippen LogP contribution >= 0.6 is 0 Å². The van der Waals surface area contributed by atoms with Crippen LogP contribution in [0.5, 0.6) is 0 Å². The number of unbranched alkanes of at least 4 members (excludes halogenated alkanes) is 20. The standard InChI is InChI=1S/C32H64O2/c1-5-8-11-14-16-18-19-21-23-26-29-32(4,28-25-13-10-7-3)31(33)34-30-27-24-22-20-17-15-12-9-6-2/h5-30H2,1-4H3. The predicted molar refractivity (Wildman–Crippen MR) is 152 cm³/mol. The average Bonchev–Trinajstić information content (AvgIpc) is 2.84. The first kappa shape index (κ1) is 33.5. The largest absolute Gasteiger partial charge is 0.465 e. The van der Waals surface area contributed by atoms with Crippen LogP contribution in [-0.4, -0.2) is 12.6 Å². The zero-order valence-corrected chi connectivity index (χ0v) is 24.2. The summed E-state index contributed by atoms with van der Waals surface area (Å²) in [7, 11) is 0. The van der Waals surface area contributed by atoms with Gasteiger partial charge in [0.05, 0.1) is 12.0 Å². The summed E-state index contributed by atoms with van der Waals surface area (Å²) < 4.78 is 5.83. The van der Waals surface area contributed by atoms with Crippen LogP contribution in [0, 0.1) is 5.41 Å². The van der Waals surface area contributed by atoms with Crippen LogP contribution in [-0.2, 0) is 9.53 Å². The zero-order chi connectivity index (χ0) is 25.2. The van der Waals surface area contributed by atoms with Crippen molar-refractivity contribution in [2.75, 3.05) is 6.61 Å². The molecule has 2 heteroatoms. The van der Waals surface area contributed by atoms with Crippen LogP contribution in [0.1, 0.15) is 188 Å². The highest BCUT2D eigenvalue weighted by Crippen LogP contribution is 2.33. The van der Waals surface area contributed by atoms with Crippen LogP contribution in [0.2, 0.25) is 0 Å². The first-order valence-corrected chi connectivity index (χ1v) is 15.8. The molecular weight excluding hydrogens is 416 g/mol. The molecule has 0 aliphatic carbocycles. The molecule has 1 unspecified atom stereocenters. The summed E-state index contributed by atoms with van der Waals surface area (Å²) in [6.07, 6.45) is 32.1. The Kier molecular flexibility index (Phi) is 25.2. The fraction of sp³-hybridized carbons (Fsp3) is 0.969. The van der Waals surface area contributed by atoms with Gasteiger partial charge in [-0.3, -0.25) is 4.79 Å². The third-order valence-electron chi connectivity index (χ3n) is 7.64. The van der Waals surface area contributed by atoms with Crippen LogP contribution < -0.4 is 0 Å². The molecule has 0 aromatic carbocycles. The van der Waals surface area contributed by atoms with Crippen molar-refractivity contribution in [2.45, 2.75) is 188 Å². The molecule has 0 aromatic rings. The second kappa shape index (κ2) is 25.6. The number of hydrogen-bond acceptors (Lipinski definition) is 2. The van der Waals surface area contributed by atoms with Gasteiger partial charge in [0.2, 0.25) is 0 Å². The smallest absolute Gasteiger partial charge is 0.311 e. The van der Waals surface area contributed by atoms with E-state index in [0.29, 0.717) is 6.61 Å². The summed E-state index contributed by atoms with van der Waals surface area (Å²) in [5, 5.41) is 0. The molecule has 0 N–H and O–H groups in total. The minimum absolute atomic E-state index is 0.0829. The van der Waals surface area contributed by atoms with Crippen molar-refractivity contribution < 1.29 is 9.53 Å². The molecule has 0 aromatic heterocycles. The molecule has 0 aliphatic heterocycles. The lowest BCUT2D eigenvalue weighted by molar-refractivity contribution is -0.156. The van der Waals surface area contributed by atoms with Gasteiger partial charge in [-0.15, -0.1) is 0 Å². The van der Waals surface area contributed by atoms with Gasteiger partial charge in [0.1, 0.15) is 0 Å². The number of hydrogen-bond donors (Lipinski definition) is 0. The van der Waals surface area contributed by atoms with Crippen molar-refractivity contribution in [1.82, 2.24) is 0 Å². The van der Waals surface area contributed by atoms with E-state index in [1.54, 1.807) is 0 Å². The van der Waals surface area contributed by atoms with Gasteiger partial charge in [-0.05, 0) is 26.2 Å². The molecule has 0 radical (unpaired) electrons. The Labute approximate surface area is 215 Å². The minimum atomic E-state index is -0.271. The Hall–Kier alpha value is -0.530. The monoisotopic (exact) mass is 480 g/mol. The fourth-order valence-electron chi connectivity index (χ4n) is 5.03. The number of rotatable bonds is 27. The van der Waals surface area contributed by atoms with Gasteiger partial charge in [-0.2, -0.15) is 0 Å². The van der Waals surface area contributed by atoms with Crippen LogP contribution in [0.15, 0.2) is 0 Å². The van der Waals surface area contributed by atoms with E-state index in [1.807, 2.05) is 0 Å². The van der Waals surface area contributed by atoms with Gasteiger partial charge in [0.15, 0.2) is 0 Å². The van der Waals surface area contributed by atoms with Gasteiger partial charge >= 0.3 is 5.97 Å². The van der Waals surface area contributed by atoms with Crippen molar-refractivity contribution in [2.24, 2.45) is 5.41 Å². The fourth-order valence-corrected chi connectivity index (χ4v) is 5.03. The Balaban J connectivity index is 4.08. The summed E-state index contributed by atoms with van der Waals surface area (Å²) >= 11 is 0. The Morgan fingerprint density at radius 2 is 0.765 bits per heavy atom. The van der Waals surface area contributed by atoms with Gasteiger partial charge in [-0.1, -0.05) is 162 Å². The number of carbonyl (C=O) groups excluding carboxylic acids is 1. The summed E-state index contributed by atoms with van der Waals surface area (Å²) in [6, 6.07) is 0. The summed E-state index contributed by atoms with van der Waals surface area (Å²) in [4.78, 5) is 13.0. The molecule has 2 nitrogen and oxygen atoms in total. The molecule has 0 rings (SSSR count). The first-order chi connectivity index (χ1) is 16.6. The summed E-state index contributed by atoms with van der Waals surface area (Å²) in [5.74, 6) is 0.0829. The summed E-state index contributed by atoms with van der Waals surface area (Å²) in [5.41, 5.74) is -0.271. The Morgan fingerprint density at radius 1 is 0.471 bits per heavy atom. The maximum absolute atomic E-state index is 13.0. The topological polar surface area (TPSA) is 26.3 Å². The molecule has 0 amide bonds. The number of carbonyl (C=O) groups is 1. The molecular formula is C32H64O2. The molecule has 0 saturated carbocycles. The van der Waals surface area contributed by atoms with Crippen molar-refractivity contribution in [3.05, 3.63) is 0 Å². The number of ether oxygens (including phenoxy) is 1. The third-order valence-corrected chi connectivity index (χ3v) is 7.64. The molecule has 1 atom stereocenters. The van der Waals surface area contributed by atoms with Crippen molar-refractivity contribution >= 4 is 5.97 Å².